The SMILES string of the molecule is CCNC(=NCC1(C)CCCC1)N1CCC2(CCC2)C1. The number of hydrogen-bond acceptors (Lipinski definition) is 1. The van der Waals surface area contributed by atoms with Crippen molar-refractivity contribution >= 4 is 5.96 Å². The van der Waals surface area contributed by atoms with Crippen molar-refractivity contribution in [2.24, 2.45) is 15.8 Å². The number of likely N-dealkylation sites (tertiary alicyclic amines) is 1. The van der Waals surface area contributed by atoms with Crippen LogP contribution in [0.2, 0.25) is 0 Å². The minimum absolute atomic E-state index is 0.467. The van der Waals surface area contributed by atoms with Gasteiger partial charge in [0.25, 0.3) is 0 Å². The summed E-state index contributed by atoms with van der Waals surface area (Å²) >= 11 is 0. The molecule has 1 heterocycles. The van der Waals surface area contributed by atoms with Crippen LogP contribution in [0.15, 0.2) is 4.99 Å². The summed E-state index contributed by atoms with van der Waals surface area (Å²) in [7, 11) is 0. The van der Waals surface area contributed by atoms with Crippen LogP contribution >= 0.6 is 0 Å². The fraction of sp³-hybridized carbons (Fsp3) is 0.941. The molecule has 0 atom stereocenters. The highest BCUT2D eigenvalue weighted by Gasteiger charge is 2.43. The van der Waals surface area contributed by atoms with E-state index in [0.29, 0.717) is 10.8 Å². The third-order valence-corrected chi connectivity index (χ3v) is 5.91. The van der Waals surface area contributed by atoms with Crippen LogP contribution in [0.5, 0.6) is 0 Å². The molecule has 2 aliphatic carbocycles. The summed E-state index contributed by atoms with van der Waals surface area (Å²) in [5.74, 6) is 1.18. The molecule has 1 saturated heterocycles. The van der Waals surface area contributed by atoms with E-state index in [1.165, 1.54) is 70.4 Å². The molecule has 3 nitrogen and oxygen atoms in total. The lowest BCUT2D eigenvalue weighted by atomic mass is 9.68. The van der Waals surface area contributed by atoms with Gasteiger partial charge in [-0.25, -0.2) is 0 Å². The van der Waals surface area contributed by atoms with Crippen LogP contribution in [0.3, 0.4) is 0 Å². The van der Waals surface area contributed by atoms with Gasteiger partial charge in [0, 0.05) is 26.2 Å². The molecule has 3 rings (SSSR count). The standard InChI is InChI=1S/C17H31N3/c1-3-18-15(19-13-16(2)7-4-5-8-16)20-12-11-17(14-20)9-6-10-17/h3-14H2,1-2H3,(H,18,19). The summed E-state index contributed by atoms with van der Waals surface area (Å²) in [5.41, 5.74) is 1.13. The molecule has 0 aromatic heterocycles. The Morgan fingerprint density at radius 1 is 1.10 bits per heavy atom. The number of nitrogens with zero attached hydrogens (tertiary/aromatic N) is 2. The lowest BCUT2D eigenvalue weighted by molar-refractivity contribution is 0.151. The molecule has 1 spiro atoms. The summed E-state index contributed by atoms with van der Waals surface area (Å²) in [4.78, 5) is 7.53. The summed E-state index contributed by atoms with van der Waals surface area (Å²) < 4.78 is 0. The number of hydrogen-bond donors (Lipinski definition) is 1. The van der Waals surface area contributed by atoms with E-state index in [2.05, 4.69) is 24.1 Å². The Labute approximate surface area is 124 Å². The van der Waals surface area contributed by atoms with Gasteiger partial charge in [-0.3, -0.25) is 4.99 Å². The maximum atomic E-state index is 5.00. The van der Waals surface area contributed by atoms with E-state index in [1.54, 1.807) is 0 Å². The Morgan fingerprint density at radius 2 is 1.85 bits per heavy atom. The molecular weight excluding hydrogens is 246 g/mol. The van der Waals surface area contributed by atoms with Gasteiger partial charge in [-0.15, -0.1) is 0 Å². The normalized spacial score (nSPS) is 27.9. The highest BCUT2D eigenvalue weighted by atomic mass is 15.3. The first-order chi connectivity index (χ1) is 9.65. The van der Waals surface area contributed by atoms with Gasteiger partial charge in [0.1, 0.15) is 0 Å². The van der Waals surface area contributed by atoms with Crippen LogP contribution in [0.1, 0.15) is 65.2 Å². The molecule has 0 aromatic carbocycles. The van der Waals surface area contributed by atoms with Gasteiger partial charge in [-0.2, -0.15) is 0 Å². The second-order valence-electron chi connectivity index (χ2n) is 7.71. The lowest BCUT2D eigenvalue weighted by Crippen LogP contribution is -2.43. The van der Waals surface area contributed by atoms with Gasteiger partial charge >= 0.3 is 0 Å². The van der Waals surface area contributed by atoms with E-state index in [-0.39, 0.29) is 0 Å². The second-order valence-corrected chi connectivity index (χ2v) is 7.71. The molecule has 1 N–H and O–H groups in total. The van der Waals surface area contributed by atoms with E-state index in [4.69, 9.17) is 4.99 Å². The van der Waals surface area contributed by atoms with Crippen molar-refractivity contribution in [2.45, 2.75) is 65.2 Å². The number of aliphatic imine (C=N–C) groups is 1. The Hall–Kier alpha value is -0.730. The van der Waals surface area contributed by atoms with Crippen LogP contribution < -0.4 is 5.32 Å². The molecule has 3 aliphatic rings. The zero-order valence-corrected chi connectivity index (χ0v) is 13.4. The molecule has 0 unspecified atom stereocenters. The van der Waals surface area contributed by atoms with Crippen LogP contribution in [-0.2, 0) is 0 Å². The average Bonchev–Trinajstić information content (AvgIpc) is 3.01. The third kappa shape index (κ3) is 2.82. The van der Waals surface area contributed by atoms with E-state index >= 15 is 0 Å². The van der Waals surface area contributed by atoms with Gasteiger partial charge < -0.3 is 10.2 Å². The molecule has 0 radical (unpaired) electrons. The Morgan fingerprint density at radius 3 is 2.40 bits per heavy atom. The molecule has 0 bridgehead atoms. The van der Waals surface area contributed by atoms with Crippen LogP contribution in [0, 0.1) is 10.8 Å². The minimum atomic E-state index is 0.467. The molecule has 114 valence electrons. The first-order valence-corrected chi connectivity index (χ1v) is 8.68. The van der Waals surface area contributed by atoms with Gasteiger partial charge in [0.2, 0.25) is 0 Å². The van der Waals surface area contributed by atoms with Gasteiger partial charge in [0.05, 0.1) is 0 Å². The third-order valence-electron chi connectivity index (χ3n) is 5.91. The van der Waals surface area contributed by atoms with E-state index in [9.17, 15) is 0 Å². The van der Waals surface area contributed by atoms with Crippen molar-refractivity contribution in [1.29, 1.82) is 0 Å². The molecule has 0 aromatic rings. The molecule has 20 heavy (non-hydrogen) atoms. The van der Waals surface area contributed by atoms with Crippen molar-refractivity contribution < 1.29 is 0 Å². The average molecular weight is 277 g/mol. The number of guanidine groups is 1. The van der Waals surface area contributed by atoms with Crippen molar-refractivity contribution in [3.8, 4) is 0 Å². The van der Waals surface area contributed by atoms with Gasteiger partial charge in [-0.1, -0.05) is 26.2 Å². The molecular formula is C17H31N3. The van der Waals surface area contributed by atoms with Crippen molar-refractivity contribution in [2.75, 3.05) is 26.2 Å². The van der Waals surface area contributed by atoms with Crippen molar-refractivity contribution in [3.05, 3.63) is 0 Å². The van der Waals surface area contributed by atoms with E-state index < -0.39 is 0 Å². The van der Waals surface area contributed by atoms with Crippen molar-refractivity contribution in [3.63, 3.8) is 0 Å². The highest BCUT2D eigenvalue weighted by molar-refractivity contribution is 5.80. The summed E-state index contributed by atoms with van der Waals surface area (Å²) in [6.07, 6.45) is 11.2. The van der Waals surface area contributed by atoms with Crippen molar-refractivity contribution in [1.82, 2.24) is 10.2 Å². The maximum absolute atomic E-state index is 5.00. The predicted octanol–water partition coefficient (Wildman–Crippen LogP) is 3.41. The number of rotatable bonds is 3. The van der Waals surface area contributed by atoms with Crippen LogP contribution in [-0.4, -0.2) is 37.0 Å². The zero-order valence-electron chi connectivity index (χ0n) is 13.4. The molecule has 0 amide bonds. The fourth-order valence-corrected chi connectivity index (χ4v) is 4.28. The topological polar surface area (TPSA) is 27.6 Å². The largest absolute Gasteiger partial charge is 0.357 e. The summed E-state index contributed by atoms with van der Waals surface area (Å²) in [6, 6.07) is 0. The second kappa shape index (κ2) is 5.57. The zero-order chi connectivity index (χ0) is 14.1. The Kier molecular flexibility index (Phi) is 3.96. The van der Waals surface area contributed by atoms with E-state index in [1.807, 2.05) is 0 Å². The summed E-state index contributed by atoms with van der Waals surface area (Å²) in [6.45, 7) is 9.06. The molecule has 3 heteroatoms. The first-order valence-electron chi connectivity index (χ1n) is 8.68. The maximum Gasteiger partial charge on any atom is 0.193 e. The Bertz CT molecular complexity index is 364. The Balaban J connectivity index is 1.62. The smallest absolute Gasteiger partial charge is 0.193 e. The molecule has 1 aliphatic heterocycles. The van der Waals surface area contributed by atoms with E-state index in [0.717, 1.165) is 13.1 Å². The van der Waals surface area contributed by atoms with Crippen LogP contribution in [0.25, 0.3) is 0 Å². The van der Waals surface area contributed by atoms with Gasteiger partial charge in [-0.05, 0) is 49.9 Å². The minimum Gasteiger partial charge on any atom is -0.357 e. The van der Waals surface area contributed by atoms with Crippen LogP contribution in [0.4, 0.5) is 0 Å². The fourth-order valence-electron chi connectivity index (χ4n) is 4.28. The van der Waals surface area contributed by atoms with Gasteiger partial charge in [0.15, 0.2) is 5.96 Å². The highest BCUT2D eigenvalue weighted by Crippen LogP contribution is 2.48. The first kappa shape index (κ1) is 14.2. The molecule has 2 saturated carbocycles. The lowest BCUT2D eigenvalue weighted by Gasteiger charge is -2.38. The number of nitrogens with one attached hydrogen (secondary N) is 1. The summed E-state index contributed by atoms with van der Waals surface area (Å²) in [5, 5.41) is 3.53. The predicted molar refractivity (Wildman–Crippen MR) is 85.0 cm³/mol. The quantitative estimate of drug-likeness (QED) is 0.632. The molecule has 3 fully saturated rings. The monoisotopic (exact) mass is 277 g/mol.